The van der Waals surface area contributed by atoms with Crippen LogP contribution < -0.4 is 5.32 Å². The van der Waals surface area contributed by atoms with Gasteiger partial charge in [0, 0.05) is 12.1 Å². The third-order valence-electron chi connectivity index (χ3n) is 4.27. The van der Waals surface area contributed by atoms with Crippen molar-refractivity contribution >= 4 is 51.6 Å². The molecule has 1 heterocycles. The second-order valence-corrected chi connectivity index (χ2v) is 7.03. The van der Waals surface area contributed by atoms with Gasteiger partial charge >= 0.3 is 0 Å². The van der Waals surface area contributed by atoms with Crippen LogP contribution in [-0.4, -0.2) is 20.9 Å². The number of carbonyl (C=O) groups is 1. The number of benzene rings is 3. The summed E-state index contributed by atoms with van der Waals surface area (Å²) in [4.78, 5) is 27.1. The highest BCUT2D eigenvalue weighted by molar-refractivity contribution is 6.35. The van der Waals surface area contributed by atoms with E-state index in [1.165, 1.54) is 24.3 Å². The van der Waals surface area contributed by atoms with E-state index in [1.807, 2.05) is 6.07 Å². The molecule has 8 nitrogen and oxygen atoms in total. The highest BCUT2D eigenvalue weighted by Crippen LogP contribution is 2.35. The number of halogens is 2. The van der Waals surface area contributed by atoms with Crippen molar-refractivity contribution in [3.63, 3.8) is 0 Å². The minimum Gasteiger partial charge on any atom is -0.507 e. The molecular weight excluding hydrogens is 433 g/mol. The Morgan fingerprint density at radius 2 is 1.87 bits per heavy atom. The number of phenolic OH excluding ortho intramolecular Hbond substituents is 1. The monoisotopic (exact) mass is 443 g/mol. The summed E-state index contributed by atoms with van der Waals surface area (Å²) in [6, 6.07) is 13.3. The first-order chi connectivity index (χ1) is 14.3. The molecular formula is C20H11Cl2N3O5. The lowest BCUT2D eigenvalue weighted by Crippen LogP contribution is -2.12. The van der Waals surface area contributed by atoms with E-state index in [-0.39, 0.29) is 38.6 Å². The number of nitrogens with one attached hydrogen (secondary N) is 1. The maximum Gasteiger partial charge on any atom is 0.271 e. The van der Waals surface area contributed by atoms with Crippen LogP contribution in [0.5, 0.6) is 5.75 Å². The van der Waals surface area contributed by atoms with Crippen LogP contribution >= 0.6 is 23.2 Å². The van der Waals surface area contributed by atoms with Gasteiger partial charge in [0.05, 0.1) is 31.8 Å². The van der Waals surface area contributed by atoms with Crippen LogP contribution in [0, 0.1) is 10.1 Å². The Labute approximate surface area is 178 Å². The number of rotatable bonds is 4. The summed E-state index contributed by atoms with van der Waals surface area (Å²) in [6.07, 6.45) is 0. The molecule has 0 bridgehead atoms. The van der Waals surface area contributed by atoms with Crippen molar-refractivity contribution in [1.82, 2.24) is 4.98 Å². The van der Waals surface area contributed by atoms with Gasteiger partial charge in [0.15, 0.2) is 5.58 Å². The highest BCUT2D eigenvalue weighted by Gasteiger charge is 2.20. The molecule has 1 amide bonds. The number of non-ortho nitro benzene ring substituents is 1. The lowest BCUT2D eigenvalue weighted by atomic mass is 10.1. The Kier molecular flexibility index (Phi) is 5.03. The van der Waals surface area contributed by atoms with Crippen LogP contribution in [0.2, 0.25) is 10.0 Å². The Bertz CT molecular complexity index is 1290. The smallest absolute Gasteiger partial charge is 0.271 e. The first-order valence-electron chi connectivity index (χ1n) is 8.47. The summed E-state index contributed by atoms with van der Waals surface area (Å²) in [5, 5.41) is 23.8. The van der Waals surface area contributed by atoms with Crippen molar-refractivity contribution in [1.29, 1.82) is 0 Å². The lowest BCUT2D eigenvalue weighted by molar-refractivity contribution is -0.384. The predicted octanol–water partition coefficient (Wildman–Crippen LogP) is 5.67. The Morgan fingerprint density at radius 3 is 2.57 bits per heavy atom. The number of aromatic hydroxyl groups is 1. The van der Waals surface area contributed by atoms with E-state index in [4.69, 9.17) is 27.6 Å². The van der Waals surface area contributed by atoms with E-state index in [9.17, 15) is 20.0 Å². The van der Waals surface area contributed by atoms with Gasteiger partial charge in [0.25, 0.3) is 11.6 Å². The number of nitrogens with zero attached hydrogens (tertiary/aromatic N) is 2. The molecule has 4 rings (SSSR count). The van der Waals surface area contributed by atoms with Gasteiger partial charge in [-0.25, -0.2) is 4.98 Å². The number of aromatic nitrogens is 1. The number of hydrogen-bond acceptors (Lipinski definition) is 6. The number of amides is 1. The van der Waals surface area contributed by atoms with Crippen molar-refractivity contribution in [2.45, 2.75) is 0 Å². The number of nitro benzene ring substituents is 1. The van der Waals surface area contributed by atoms with E-state index in [2.05, 4.69) is 10.3 Å². The molecule has 4 aromatic rings. The Hall–Kier alpha value is -3.62. The average molecular weight is 444 g/mol. The molecule has 0 saturated carbocycles. The normalized spacial score (nSPS) is 10.9. The zero-order valence-electron chi connectivity index (χ0n) is 14.9. The van der Waals surface area contributed by atoms with E-state index in [0.29, 0.717) is 16.7 Å². The van der Waals surface area contributed by atoms with Gasteiger partial charge in [-0.1, -0.05) is 35.3 Å². The van der Waals surface area contributed by atoms with Gasteiger partial charge in [0.1, 0.15) is 11.3 Å². The summed E-state index contributed by atoms with van der Waals surface area (Å²) in [5.41, 5.74) is 1.30. The number of phenols is 1. The van der Waals surface area contributed by atoms with Crippen LogP contribution in [0.1, 0.15) is 10.4 Å². The molecule has 0 aliphatic carbocycles. The molecule has 0 unspecified atom stereocenters. The number of hydrogen-bond donors (Lipinski definition) is 2. The molecule has 0 fully saturated rings. The molecule has 0 radical (unpaired) electrons. The van der Waals surface area contributed by atoms with Crippen molar-refractivity contribution < 1.29 is 19.2 Å². The zero-order valence-corrected chi connectivity index (χ0v) is 16.4. The van der Waals surface area contributed by atoms with Gasteiger partial charge in [-0.05, 0) is 30.3 Å². The van der Waals surface area contributed by atoms with Crippen molar-refractivity contribution in [3.8, 4) is 17.2 Å². The number of oxazole rings is 1. The van der Waals surface area contributed by atoms with Gasteiger partial charge in [-0.15, -0.1) is 0 Å². The number of carbonyl (C=O) groups excluding carboxylic acids is 1. The van der Waals surface area contributed by atoms with Crippen molar-refractivity contribution in [2.24, 2.45) is 0 Å². The number of para-hydroxylation sites is 2. The van der Waals surface area contributed by atoms with E-state index in [1.54, 1.807) is 18.2 Å². The maximum atomic E-state index is 12.6. The summed E-state index contributed by atoms with van der Waals surface area (Å²) >= 11 is 12.3. The molecule has 0 spiro atoms. The molecule has 0 saturated heterocycles. The van der Waals surface area contributed by atoms with E-state index < -0.39 is 10.8 Å². The van der Waals surface area contributed by atoms with E-state index >= 15 is 0 Å². The van der Waals surface area contributed by atoms with Crippen molar-refractivity contribution in [2.75, 3.05) is 5.32 Å². The number of fused-ring (bicyclic) bond motifs is 1. The minimum atomic E-state index is -0.700. The number of anilines is 1. The minimum absolute atomic E-state index is 0.0220. The summed E-state index contributed by atoms with van der Waals surface area (Å²) in [5.74, 6) is -0.858. The van der Waals surface area contributed by atoms with Gasteiger partial charge < -0.3 is 14.8 Å². The SMILES string of the molecule is O=C(Nc1ccc([N+](=O)[O-])cc1Cl)c1cc(Cl)c(-c2nc3ccccc3o2)cc1O. The first kappa shape index (κ1) is 19.7. The topological polar surface area (TPSA) is 118 Å². The molecule has 10 heteroatoms. The van der Waals surface area contributed by atoms with Crippen molar-refractivity contribution in [3.05, 3.63) is 80.3 Å². The van der Waals surface area contributed by atoms with Crippen LogP contribution in [0.3, 0.4) is 0 Å². The van der Waals surface area contributed by atoms with Gasteiger partial charge in [-0.2, -0.15) is 0 Å². The zero-order chi connectivity index (χ0) is 21.4. The molecule has 1 aromatic heterocycles. The first-order valence-corrected chi connectivity index (χ1v) is 9.23. The maximum absolute atomic E-state index is 12.6. The fourth-order valence-electron chi connectivity index (χ4n) is 2.80. The predicted molar refractivity (Wildman–Crippen MR) is 112 cm³/mol. The van der Waals surface area contributed by atoms with Crippen LogP contribution in [-0.2, 0) is 0 Å². The van der Waals surface area contributed by atoms with Crippen LogP contribution in [0.15, 0.2) is 59.0 Å². The van der Waals surface area contributed by atoms with Crippen LogP contribution in [0.25, 0.3) is 22.6 Å². The van der Waals surface area contributed by atoms with E-state index in [0.717, 1.165) is 6.07 Å². The standard InChI is InChI=1S/C20H11Cl2N3O5/c21-13-8-12(19(27)23-15-6-5-10(25(28)29)7-14(15)22)17(26)9-11(13)20-24-16-3-1-2-4-18(16)30-20/h1-9,26H,(H,23,27). The lowest BCUT2D eigenvalue weighted by Gasteiger charge is -2.10. The molecule has 150 valence electrons. The number of nitro groups is 1. The van der Waals surface area contributed by atoms with Crippen LogP contribution in [0.4, 0.5) is 11.4 Å². The van der Waals surface area contributed by atoms with Gasteiger partial charge in [0.2, 0.25) is 5.89 Å². The second-order valence-electron chi connectivity index (χ2n) is 6.21. The molecule has 0 aliphatic heterocycles. The Morgan fingerprint density at radius 1 is 1.10 bits per heavy atom. The quantitative estimate of drug-likeness (QED) is 0.309. The largest absolute Gasteiger partial charge is 0.507 e. The third-order valence-corrected chi connectivity index (χ3v) is 4.89. The second kappa shape index (κ2) is 7.66. The average Bonchev–Trinajstić information content (AvgIpc) is 3.14. The summed E-state index contributed by atoms with van der Waals surface area (Å²) in [6.45, 7) is 0. The summed E-state index contributed by atoms with van der Waals surface area (Å²) in [7, 11) is 0. The molecule has 2 N–H and O–H groups in total. The summed E-state index contributed by atoms with van der Waals surface area (Å²) < 4.78 is 5.65. The molecule has 3 aromatic carbocycles. The van der Waals surface area contributed by atoms with Gasteiger partial charge in [-0.3, -0.25) is 14.9 Å². The Balaban J connectivity index is 1.64. The molecule has 30 heavy (non-hydrogen) atoms. The molecule has 0 aliphatic rings. The third kappa shape index (κ3) is 3.66. The fourth-order valence-corrected chi connectivity index (χ4v) is 3.27. The fraction of sp³-hybridized carbons (Fsp3) is 0. The molecule has 0 atom stereocenters. The highest BCUT2D eigenvalue weighted by atomic mass is 35.5.